The van der Waals surface area contributed by atoms with Gasteiger partial charge in [-0.1, -0.05) is 11.6 Å². The van der Waals surface area contributed by atoms with Crippen LogP contribution in [-0.2, 0) is 4.79 Å². The van der Waals surface area contributed by atoms with Crippen molar-refractivity contribution in [3.8, 4) is 0 Å². The van der Waals surface area contributed by atoms with Gasteiger partial charge in [-0.05, 0) is 35.9 Å². The number of thioether (sulfide) groups is 1. The van der Waals surface area contributed by atoms with Crippen molar-refractivity contribution >= 4 is 29.3 Å². The Balaban J connectivity index is 1.78. The van der Waals surface area contributed by atoms with Gasteiger partial charge in [-0.3, -0.25) is 4.79 Å². The fourth-order valence-corrected chi connectivity index (χ4v) is 3.83. The number of fused-ring (bicyclic) bond motifs is 1. The van der Waals surface area contributed by atoms with Gasteiger partial charge in [0.05, 0.1) is 0 Å². The molecular weight excluding hydrogens is 268 g/mol. The van der Waals surface area contributed by atoms with E-state index in [-0.39, 0.29) is 11.9 Å². The molecule has 3 nitrogen and oxygen atoms in total. The minimum atomic E-state index is 0.143. The Morgan fingerprint density at radius 3 is 3.11 bits per heavy atom. The van der Waals surface area contributed by atoms with Gasteiger partial charge in [0.15, 0.2) is 0 Å². The maximum absolute atomic E-state index is 11.2. The second-order valence-electron chi connectivity index (χ2n) is 4.74. The highest BCUT2D eigenvalue weighted by atomic mass is 35.5. The zero-order valence-electron chi connectivity index (χ0n) is 9.91. The molecule has 0 spiro atoms. The van der Waals surface area contributed by atoms with Gasteiger partial charge in [-0.25, -0.2) is 0 Å². The lowest BCUT2D eigenvalue weighted by Crippen LogP contribution is -2.35. The molecular formula is C13H15ClN2OS. The first-order valence-electron chi connectivity index (χ1n) is 6.17. The summed E-state index contributed by atoms with van der Waals surface area (Å²) in [7, 11) is 0. The summed E-state index contributed by atoms with van der Waals surface area (Å²) in [5, 5.41) is 7.22. The zero-order valence-corrected chi connectivity index (χ0v) is 11.5. The second-order valence-corrected chi connectivity index (χ2v) is 6.32. The van der Waals surface area contributed by atoms with Gasteiger partial charge in [0.2, 0.25) is 5.91 Å². The number of carbonyl (C=O) groups is 1. The summed E-state index contributed by atoms with van der Waals surface area (Å²) in [6.07, 6.45) is 1.67. The van der Waals surface area contributed by atoms with Gasteiger partial charge in [-0.2, -0.15) is 0 Å². The number of nitrogens with one attached hydrogen (secondary N) is 2. The van der Waals surface area contributed by atoms with Crippen molar-refractivity contribution in [2.75, 3.05) is 12.3 Å². The van der Waals surface area contributed by atoms with Crippen LogP contribution in [0.2, 0.25) is 5.02 Å². The van der Waals surface area contributed by atoms with Gasteiger partial charge in [0.25, 0.3) is 0 Å². The molecule has 18 heavy (non-hydrogen) atoms. The number of hydrogen-bond acceptors (Lipinski definition) is 3. The molecule has 1 fully saturated rings. The van der Waals surface area contributed by atoms with E-state index in [0.29, 0.717) is 12.5 Å². The fourth-order valence-electron chi connectivity index (χ4n) is 2.55. The molecule has 2 atom stereocenters. The van der Waals surface area contributed by atoms with Crippen LogP contribution in [0.4, 0.5) is 0 Å². The van der Waals surface area contributed by atoms with E-state index in [1.165, 1.54) is 10.5 Å². The molecule has 2 N–H and O–H groups in total. The molecule has 1 aromatic carbocycles. The van der Waals surface area contributed by atoms with Gasteiger partial charge in [-0.15, -0.1) is 11.8 Å². The standard InChI is InChI=1S/C13H15ClN2OS/c14-8-1-2-12-10(5-8)11(3-4-18-12)16-9-6-13(17)15-7-9/h1-2,5,9,11,16H,3-4,6-7H2,(H,15,17). The van der Waals surface area contributed by atoms with Gasteiger partial charge in [0.1, 0.15) is 0 Å². The average Bonchev–Trinajstić information content (AvgIpc) is 2.76. The molecule has 1 saturated heterocycles. The highest BCUT2D eigenvalue weighted by Crippen LogP contribution is 2.37. The molecule has 96 valence electrons. The van der Waals surface area contributed by atoms with Crippen molar-refractivity contribution < 1.29 is 4.79 Å². The highest BCUT2D eigenvalue weighted by molar-refractivity contribution is 7.99. The first-order valence-corrected chi connectivity index (χ1v) is 7.54. The molecule has 1 aromatic rings. The number of halogens is 1. The Bertz CT molecular complexity index is 480. The smallest absolute Gasteiger partial charge is 0.221 e. The maximum atomic E-state index is 11.2. The van der Waals surface area contributed by atoms with Gasteiger partial charge < -0.3 is 10.6 Å². The van der Waals surface area contributed by atoms with E-state index in [9.17, 15) is 4.79 Å². The Morgan fingerprint density at radius 2 is 2.33 bits per heavy atom. The molecule has 0 aliphatic carbocycles. The van der Waals surface area contributed by atoms with Crippen molar-refractivity contribution in [2.45, 2.75) is 29.8 Å². The maximum Gasteiger partial charge on any atom is 0.221 e. The summed E-state index contributed by atoms with van der Waals surface area (Å²) in [5.74, 6) is 1.25. The average molecular weight is 283 g/mol. The monoisotopic (exact) mass is 282 g/mol. The lowest BCUT2D eigenvalue weighted by molar-refractivity contribution is -0.119. The minimum absolute atomic E-state index is 0.143. The van der Waals surface area contributed by atoms with Crippen molar-refractivity contribution in [2.24, 2.45) is 0 Å². The molecule has 2 heterocycles. The Hall–Kier alpha value is -0.710. The zero-order chi connectivity index (χ0) is 12.5. The van der Waals surface area contributed by atoms with Crippen molar-refractivity contribution in [1.29, 1.82) is 0 Å². The Kier molecular flexibility index (Phi) is 3.50. The van der Waals surface area contributed by atoms with Crippen molar-refractivity contribution in [1.82, 2.24) is 10.6 Å². The SMILES string of the molecule is O=C1CC(NC2CCSc3ccc(Cl)cc32)CN1. The molecule has 0 radical (unpaired) electrons. The van der Waals surface area contributed by atoms with E-state index in [0.717, 1.165) is 23.7 Å². The minimum Gasteiger partial charge on any atom is -0.354 e. The molecule has 0 saturated carbocycles. The summed E-state index contributed by atoms with van der Waals surface area (Å²) in [5.41, 5.74) is 1.28. The first-order chi connectivity index (χ1) is 8.72. The fraction of sp³-hybridized carbons (Fsp3) is 0.462. The van der Waals surface area contributed by atoms with E-state index >= 15 is 0 Å². The normalized spacial score (nSPS) is 26.8. The number of carbonyl (C=O) groups excluding carboxylic acids is 1. The number of hydrogen-bond donors (Lipinski definition) is 2. The van der Waals surface area contributed by atoms with Crippen LogP contribution in [0.3, 0.4) is 0 Å². The summed E-state index contributed by atoms with van der Waals surface area (Å²) >= 11 is 7.96. The first kappa shape index (κ1) is 12.3. The Labute approximate surface area is 116 Å². The van der Waals surface area contributed by atoms with Crippen LogP contribution in [0.15, 0.2) is 23.1 Å². The largest absolute Gasteiger partial charge is 0.354 e. The van der Waals surface area contributed by atoms with Crippen LogP contribution in [0.5, 0.6) is 0 Å². The van der Waals surface area contributed by atoms with E-state index in [2.05, 4.69) is 16.7 Å². The quantitative estimate of drug-likeness (QED) is 0.875. The topological polar surface area (TPSA) is 41.1 Å². The summed E-state index contributed by atoms with van der Waals surface area (Å²) in [6, 6.07) is 6.64. The predicted molar refractivity (Wildman–Crippen MR) is 74.1 cm³/mol. The van der Waals surface area contributed by atoms with Crippen LogP contribution in [-0.4, -0.2) is 24.2 Å². The van der Waals surface area contributed by atoms with Crippen LogP contribution < -0.4 is 10.6 Å². The molecule has 5 heteroatoms. The van der Waals surface area contributed by atoms with E-state index in [1.807, 2.05) is 23.9 Å². The molecule has 2 unspecified atom stereocenters. The molecule has 0 aromatic heterocycles. The lowest BCUT2D eigenvalue weighted by atomic mass is 10.0. The lowest BCUT2D eigenvalue weighted by Gasteiger charge is -2.28. The number of amides is 1. The molecule has 2 aliphatic rings. The third-order valence-corrected chi connectivity index (χ3v) is 4.78. The second kappa shape index (κ2) is 5.11. The summed E-state index contributed by atoms with van der Waals surface area (Å²) < 4.78 is 0. The van der Waals surface area contributed by atoms with Crippen LogP contribution in [0.1, 0.15) is 24.4 Å². The van der Waals surface area contributed by atoms with Crippen LogP contribution >= 0.6 is 23.4 Å². The van der Waals surface area contributed by atoms with Gasteiger partial charge >= 0.3 is 0 Å². The molecule has 0 bridgehead atoms. The van der Waals surface area contributed by atoms with Crippen molar-refractivity contribution in [3.05, 3.63) is 28.8 Å². The van der Waals surface area contributed by atoms with E-state index in [1.54, 1.807) is 0 Å². The predicted octanol–water partition coefficient (Wildman–Crippen LogP) is 2.35. The highest BCUT2D eigenvalue weighted by Gasteiger charge is 2.27. The number of benzene rings is 1. The number of rotatable bonds is 2. The van der Waals surface area contributed by atoms with E-state index in [4.69, 9.17) is 11.6 Å². The Morgan fingerprint density at radius 1 is 1.44 bits per heavy atom. The van der Waals surface area contributed by atoms with Crippen LogP contribution in [0.25, 0.3) is 0 Å². The molecule has 2 aliphatic heterocycles. The third-order valence-electron chi connectivity index (χ3n) is 3.43. The van der Waals surface area contributed by atoms with Gasteiger partial charge in [0, 0.05) is 35.0 Å². The van der Waals surface area contributed by atoms with E-state index < -0.39 is 0 Å². The van der Waals surface area contributed by atoms with Crippen molar-refractivity contribution in [3.63, 3.8) is 0 Å². The third kappa shape index (κ3) is 2.51. The summed E-state index contributed by atoms with van der Waals surface area (Å²) in [6.45, 7) is 0.734. The van der Waals surface area contributed by atoms with Crippen LogP contribution in [0, 0.1) is 0 Å². The molecule has 3 rings (SSSR count). The molecule has 1 amide bonds. The summed E-state index contributed by atoms with van der Waals surface area (Å²) in [4.78, 5) is 12.5.